The molecule has 0 atom stereocenters. The molecule has 2 aromatic rings. The fourth-order valence-electron chi connectivity index (χ4n) is 2.40. The van der Waals surface area contributed by atoms with Crippen LogP contribution >= 0.6 is 0 Å². The number of nitrogens with one attached hydrogen (secondary N) is 2. The van der Waals surface area contributed by atoms with Gasteiger partial charge in [-0.05, 0) is 29.8 Å². The smallest absolute Gasteiger partial charge is 0.224 e. The van der Waals surface area contributed by atoms with Crippen molar-refractivity contribution in [2.75, 3.05) is 31.6 Å². The summed E-state index contributed by atoms with van der Waals surface area (Å²) < 4.78 is 11.0. The van der Waals surface area contributed by atoms with E-state index >= 15 is 0 Å². The lowest BCUT2D eigenvalue weighted by Gasteiger charge is -2.18. The van der Waals surface area contributed by atoms with Crippen molar-refractivity contribution in [2.45, 2.75) is 6.42 Å². The first-order chi connectivity index (χ1) is 12.2. The maximum Gasteiger partial charge on any atom is 0.224 e. The van der Waals surface area contributed by atoms with Crippen LogP contribution in [0.2, 0.25) is 0 Å². The molecule has 7 heteroatoms. The number of nitriles is 1. The molecule has 1 aliphatic heterocycles. The number of anilines is 1. The summed E-state index contributed by atoms with van der Waals surface area (Å²) in [5, 5.41) is 14.7. The third-order valence-corrected chi connectivity index (χ3v) is 3.62. The predicted molar refractivity (Wildman–Crippen MR) is 91.6 cm³/mol. The van der Waals surface area contributed by atoms with Crippen molar-refractivity contribution in [1.29, 1.82) is 5.26 Å². The number of hydrogen-bond donors (Lipinski definition) is 2. The van der Waals surface area contributed by atoms with Gasteiger partial charge in [0.1, 0.15) is 25.1 Å². The van der Waals surface area contributed by atoms with Crippen molar-refractivity contribution in [1.82, 2.24) is 10.3 Å². The van der Waals surface area contributed by atoms with E-state index in [4.69, 9.17) is 14.7 Å². The number of pyridine rings is 1. The molecular weight excluding hydrogens is 320 g/mol. The van der Waals surface area contributed by atoms with Crippen molar-refractivity contribution in [3.8, 4) is 17.6 Å². The zero-order chi connectivity index (χ0) is 17.5. The van der Waals surface area contributed by atoms with Crippen molar-refractivity contribution in [2.24, 2.45) is 0 Å². The molecule has 3 rings (SSSR count). The molecule has 0 radical (unpaired) electrons. The van der Waals surface area contributed by atoms with Gasteiger partial charge in [-0.1, -0.05) is 6.07 Å². The Morgan fingerprint density at radius 2 is 2.00 bits per heavy atom. The highest BCUT2D eigenvalue weighted by atomic mass is 16.6. The summed E-state index contributed by atoms with van der Waals surface area (Å²) in [5.74, 6) is 2.01. The van der Waals surface area contributed by atoms with E-state index in [9.17, 15) is 4.79 Å². The molecule has 25 heavy (non-hydrogen) atoms. The van der Waals surface area contributed by atoms with Crippen LogP contribution in [0.15, 0.2) is 36.5 Å². The minimum Gasteiger partial charge on any atom is -0.486 e. The number of fused-ring (bicyclic) bond motifs is 1. The number of amides is 1. The van der Waals surface area contributed by atoms with Crippen molar-refractivity contribution >= 4 is 11.7 Å². The number of nitrogens with zero attached hydrogens (tertiary/aromatic N) is 2. The van der Waals surface area contributed by atoms with Gasteiger partial charge in [0.05, 0.1) is 12.0 Å². The van der Waals surface area contributed by atoms with E-state index < -0.39 is 0 Å². The highest BCUT2D eigenvalue weighted by Gasteiger charge is 2.13. The van der Waals surface area contributed by atoms with E-state index in [1.807, 2.05) is 24.3 Å². The zero-order valence-electron chi connectivity index (χ0n) is 13.6. The van der Waals surface area contributed by atoms with Gasteiger partial charge in [-0.25, -0.2) is 4.98 Å². The number of ether oxygens (including phenoxy) is 2. The Balaban J connectivity index is 1.41. The molecule has 1 aromatic heterocycles. The lowest BCUT2D eigenvalue weighted by molar-refractivity contribution is -0.120. The Hall–Kier alpha value is -3.27. The SMILES string of the molecule is N#Cc1ccc(NCCNC(=O)Cc2ccc3c(c2)OCCO3)nc1. The maximum absolute atomic E-state index is 12.0. The number of hydrogen-bond acceptors (Lipinski definition) is 6. The fraction of sp³-hybridized carbons (Fsp3) is 0.278. The Labute approximate surface area is 145 Å². The molecule has 0 saturated heterocycles. The third kappa shape index (κ3) is 4.61. The highest BCUT2D eigenvalue weighted by molar-refractivity contribution is 5.78. The van der Waals surface area contributed by atoms with E-state index in [0.29, 0.717) is 43.4 Å². The van der Waals surface area contributed by atoms with Gasteiger partial charge in [0, 0.05) is 19.3 Å². The Bertz CT molecular complexity index is 784. The van der Waals surface area contributed by atoms with Crippen molar-refractivity contribution in [3.05, 3.63) is 47.7 Å². The van der Waals surface area contributed by atoms with Gasteiger partial charge >= 0.3 is 0 Å². The Morgan fingerprint density at radius 3 is 2.76 bits per heavy atom. The lowest BCUT2D eigenvalue weighted by atomic mass is 10.1. The van der Waals surface area contributed by atoms with E-state index in [2.05, 4.69) is 15.6 Å². The maximum atomic E-state index is 12.0. The van der Waals surface area contributed by atoms with Gasteiger partial charge in [0.25, 0.3) is 0 Å². The van der Waals surface area contributed by atoms with Crippen molar-refractivity contribution < 1.29 is 14.3 Å². The number of rotatable bonds is 6. The molecule has 2 N–H and O–H groups in total. The molecule has 1 aliphatic rings. The molecule has 1 amide bonds. The van der Waals surface area contributed by atoms with Gasteiger partial charge in [0.15, 0.2) is 11.5 Å². The number of carbonyl (C=O) groups excluding carboxylic acids is 1. The van der Waals surface area contributed by atoms with Gasteiger partial charge in [-0.3, -0.25) is 4.79 Å². The molecule has 128 valence electrons. The second-order valence-electron chi connectivity index (χ2n) is 5.48. The summed E-state index contributed by atoms with van der Waals surface area (Å²) in [7, 11) is 0. The van der Waals surface area contributed by atoms with Crippen molar-refractivity contribution in [3.63, 3.8) is 0 Å². The van der Waals surface area contributed by atoms with Gasteiger partial charge in [-0.15, -0.1) is 0 Å². The first kappa shape index (κ1) is 16.6. The van der Waals surface area contributed by atoms with Gasteiger partial charge in [-0.2, -0.15) is 5.26 Å². The molecular formula is C18H18N4O3. The van der Waals surface area contributed by atoms with E-state index in [1.54, 1.807) is 12.1 Å². The van der Waals surface area contributed by atoms with Crippen LogP contribution in [0.25, 0.3) is 0 Å². The topological polar surface area (TPSA) is 96.3 Å². The van der Waals surface area contributed by atoms with E-state index in [-0.39, 0.29) is 12.3 Å². The Morgan fingerprint density at radius 1 is 1.16 bits per heavy atom. The van der Waals surface area contributed by atoms with Crippen LogP contribution < -0.4 is 20.1 Å². The summed E-state index contributed by atoms with van der Waals surface area (Å²) in [6.45, 7) is 2.10. The van der Waals surface area contributed by atoms with E-state index in [0.717, 1.165) is 11.3 Å². The molecule has 0 unspecified atom stereocenters. The largest absolute Gasteiger partial charge is 0.486 e. The molecule has 0 saturated carbocycles. The monoisotopic (exact) mass is 338 g/mol. The summed E-state index contributed by atoms with van der Waals surface area (Å²) in [5.41, 5.74) is 1.39. The average molecular weight is 338 g/mol. The first-order valence-electron chi connectivity index (χ1n) is 8.00. The zero-order valence-corrected chi connectivity index (χ0v) is 13.6. The number of benzene rings is 1. The first-order valence-corrected chi connectivity index (χ1v) is 8.00. The minimum absolute atomic E-state index is 0.0636. The normalized spacial score (nSPS) is 12.1. The molecule has 1 aromatic carbocycles. The van der Waals surface area contributed by atoms with Crippen LogP contribution in [0.5, 0.6) is 11.5 Å². The second kappa shape index (κ2) is 8.02. The second-order valence-corrected chi connectivity index (χ2v) is 5.48. The fourth-order valence-corrected chi connectivity index (χ4v) is 2.40. The lowest BCUT2D eigenvalue weighted by Crippen LogP contribution is -2.30. The van der Waals surface area contributed by atoms with Crippen LogP contribution in [0.1, 0.15) is 11.1 Å². The molecule has 0 spiro atoms. The van der Waals surface area contributed by atoms with Crippen LogP contribution in [0.3, 0.4) is 0 Å². The standard InChI is InChI=1S/C18H18N4O3/c19-11-14-2-4-17(22-12-14)20-5-6-21-18(23)10-13-1-3-15-16(9-13)25-8-7-24-15/h1-4,9,12H,5-8,10H2,(H,20,22)(H,21,23). The molecule has 0 aliphatic carbocycles. The third-order valence-electron chi connectivity index (χ3n) is 3.62. The number of carbonyl (C=O) groups is 1. The minimum atomic E-state index is -0.0636. The molecule has 7 nitrogen and oxygen atoms in total. The molecule has 0 bridgehead atoms. The van der Waals surface area contributed by atoms with Gasteiger partial charge in [0.2, 0.25) is 5.91 Å². The summed E-state index contributed by atoms with van der Waals surface area (Å²) in [6, 6.07) is 11.0. The van der Waals surface area contributed by atoms with E-state index in [1.165, 1.54) is 6.20 Å². The van der Waals surface area contributed by atoms with Crippen LogP contribution in [-0.2, 0) is 11.2 Å². The quantitative estimate of drug-likeness (QED) is 0.775. The molecule has 2 heterocycles. The summed E-state index contributed by atoms with van der Waals surface area (Å²) in [4.78, 5) is 16.1. The van der Waals surface area contributed by atoms with Crippen LogP contribution in [-0.4, -0.2) is 37.2 Å². The van der Waals surface area contributed by atoms with Crippen LogP contribution in [0.4, 0.5) is 5.82 Å². The number of aromatic nitrogens is 1. The summed E-state index contributed by atoms with van der Waals surface area (Å²) in [6.07, 6.45) is 1.79. The highest BCUT2D eigenvalue weighted by Crippen LogP contribution is 2.30. The average Bonchev–Trinajstić information content (AvgIpc) is 2.65. The van der Waals surface area contributed by atoms with Gasteiger partial charge < -0.3 is 20.1 Å². The molecule has 0 fully saturated rings. The summed E-state index contributed by atoms with van der Waals surface area (Å²) >= 11 is 0. The Kier molecular flexibility index (Phi) is 5.32. The van der Waals surface area contributed by atoms with Crippen LogP contribution in [0, 0.1) is 11.3 Å². The predicted octanol–water partition coefficient (Wildman–Crippen LogP) is 1.50.